The monoisotopic (exact) mass is 355 g/mol. The third-order valence-electron chi connectivity index (χ3n) is 4.16. The molecule has 2 heterocycles. The van der Waals surface area contributed by atoms with E-state index >= 15 is 0 Å². The number of nitrogens with zero attached hydrogens (tertiary/aromatic N) is 1. The Kier molecular flexibility index (Phi) is 4.71. The molecule has 3 rings (SSSR count). The Morgan fingerprint density at radius 3 is 2.54 bits per heavy atom. The molecule has 0 atom stereocenters. The number of carbonyl (C=O) groups is 2. The molecule has 0 saturated carbocycles. The van der Waals surface area contributed by atoms with Crippen molar-refractivity contribution in [3.05, 3.63) is 51.3 Å². The number of carbonyl (C=O) groups excluding carboxylic acids is 2. The highest BCUT2D eigenvalue weighted by molar-refractivity contribution is 5.97. The first-order valence-corrected chi connectivity index (χ1v) is 8.03. The Labute approximate surface area is 148 Å². The standard InChI is InChI=1S/C19H17NO6/c1-4-10-5-6-15-12(7-10)17(22)13-8-11(19(23)25-3)14(9-16(21)24-2)20-18(13)26-15/h5-8H,4,9H2,1-3H3. The first-order chi connectivity index (χ1) is 12.5. The lowest BCUT2D eigenvalue weighted by Crippen LogP contribution is -2.15. The maximum atomic E-state index is 12.9. The van der Waals surface area contributed by atoms with E-state index in [1.54, 1.807) is 12.1 Å². The van der Waals surface area contributed by atoms with E-state index in [0.29, 0.717) is 11.0 Å². The van der Waals surface area contributed by atoms with Crippen molar-refractivity contribution >= 4 is 34.0 Å². The third kappa shape index (κ3) is 3.03. The highest BCUT2D eigenvalue weighted by Crippen LogP contribution is 2.22. The lowest BCUT2D eigenvalue weighted by Gasteiger charge is -2.09. The summed E-state index contributed by atoms with van der Waals surface area (Å²) in [6, 6.07) is 6.71. The number of pyridine rings is 1. The average molecular weight is 355 g/mol. The van der Waals surface area contributed by atoms with Gasteiger partial charge in [-0.05, 0) is 30.2 Å². The number of methoxy groups -OCH3 is 2. The fourth-order valence-electron chi connectivity index (χ4n) is 2.72. The van der Waals surface area contributed by atoms with Crippen molar-refractivity contribution in [2.45, 2.75) is 19.8 Å². The Balaban J connectivity index is 2.32. The Morgan fingerprint density at radius 2 is 1.88 bits per heavy atom. The fraction of sp³-hybridized carbons (Fsp3) is 0.263. The maximum absolute atomic E-state index is 12.9. The number of aryl methyl sites for hydroxylation is 1. The van der Waals surface area contributed by atoms with E-state index in [2.05, 4.69) is 9.72 Å². The van der Waals surface area contributed by atoms with Crippen molar-refractivity contribution in [1.82, 2.24) is 4.98 Å². The predicted molar refractivity (Wildman–Crippen MR) is 94.2 cm³/mol. The number of rotatable bonds is 4. The van der Waals surface area contributed by atoms with Crippen LogP contribution < -0.4 is 5.43 Å². The molecule has 0 unspecified atom stereocenters. The van der Waals surface area contributed by atoms with Crippen LogP contribution in [-0.2, 0) is 27.1 Å². The number of benzene rings is 1. The zero-order valence-corrected chi connectivity index (χ0v) is 14.6. The van der Waals surface area contributed by atoms with Gasteiger partial charge < -0.3 is 13.9 Å². The minimum atomic E-state index is -0.694. The van der Waals surface area contributed by atoms with Gasteiger partial charge in [-0.2, -0.15) is 0 Å². The fourth-order valence-corrected chi connectivity index (χ4v) is 2.72. The largest absolute Gasteiger partial charge is 0.469 e. The van der Waals surface area contributed by atoms with Gasteiger partial charge in [0.05, 0.1) is 42.7 Å². The molecule has 26 heavy (non-hydrogen) atoms. The summed E-state index contributed by atoms with van der Waals surface area (Å²) in [4.78, 5) is 40.8. The van der Waals surface area contributed by atoms with E-state index in [0.717, 1.165) is 12.0 Å². The molecule has 134 valence electrons. The van der Waals surface area contributed by atoms with Crippen molar-refractivity contribution < 1.29 is 23.5 Å². The van der Waals surface area contributed by atoms with E-state index in [9.17, 15) is 14.4 Å². The first kappa shape index (κ1) is 17.6. The van der Waals surface area contributed by atoms with Gasteiger partial charge in [0.1, 0.15) is 5.58 Å². The topological polar surface area (TPSA) is 95.7 Å². The molecule has 7 nitrogen and oxygen atoms in total. The Morgan fingerprint density at radius 1 is 1.12 bits per heavy atom. The summed E-state index contributed by atoms with van der Waals surface area (Å²) in [5.74, 6) is -1.27. The second kappa shape index (κ2) is 6.95. The van der Waals surface area contributed by atoms with Gasteiger partial charge in [-0.1, -0.05) is 13.0 Å². The summed E-state index contributed by atoms with van der Waals surface area (Å²) in [7, 11) is 2.45. The minimum absolute atomic E-state index is 0.0312. The van der Waals surface area contributed by atoms with Gasteiger partial charge in [-0.3, -0.25) is 9.59 Å². The van der Waals surface area contributed by atoms with Gasteiger partial charge in [-0.25, -0.2) is 9.78 Å². The maximum Gasteiger partial charge on any atom is 0.339 e. The van der Waals surface area contributed by atoms with E-state index in [-0.39, 0.29) is 34.2 Å². The van der Waals surface area contributed by atoms with Gasteiger partial charge in [0.25, 0.3) is 0 Å². The van der Waals surface area contributed by atoms with Gasteiger partial charge in [0, 0.05) is 0 Å². The zero-order chi connectivity index (χ0) is 18.8. The molecular weight excluding hydrogens is 338 g/mol. The van der Waals surface area contributed by atoms with Crippen molar-refractivity contribution in [1.29, 1.82) is 0 Å². The zero-order valence-electron chi connectivity index (χ0n) is 14.6. The summed E-state index contributed by atoms with van der Waals surface area (Å²) >= 11 is 0. The SMILES string of the molecule is CCc1ccc2oc3nc(CC(=O)OC)c(C(=O)OC)cc3c(=O)c2c1. The second-order valence-corrected chi connectivity index (χ2v) is 5.70. The van der Waals surface area contributed by atoms with Gasteiger partial charge in [-0.15, -0.1) is 0 Å². The Bertz CT molecular complexity index is 1080. The molecule has 0 N–H and O–H groups in total. The quantitative estimate of drug-likeness (QED) is 0.524. The molecule has 0 saturated heterocycles. The van der Waals surface area contributed by atoms with Gasteiger partial charge in [0.2, 0.25) is 11.1 Å². The molecule has 0 bridgehead atoms. The highest BCUT2D eigenvalue weighted by atomic mass is 16.5. The predicted octanol–water partition coefficient (Wildman–Crippen LogP) is 2.41. The molecular formula is C19H17NO6. The molecule has 7 heteroatoms. The number of hydrogen-bond donors (Lipinski definition) is 0. The van der Waals surface area contributed by atoms with E-state index < -0.39 is 11.9 Å². The molecule has 0 amide bonds. The number of hydrogen-bond acceptors (Lipinski definition) is 7. The lowest BCUT2D eigenvalue weighted by atomic mass is 10.1. The number of ether oxygens (including phenoxy) is 2. The van der Waals surface area contributed by atoms with E-state index in [1.807, 2.05) is 13.0 Å². The van der Waals surface area contributed by atoms with E-state index in [1.165, 1.54) is 20.3 Å². The molecule has 0 spiro atoms. The van der Waals surface area contributed by atoms with Crippen LogP contribution in [0.4, 0.5) is 0 Å². The molecule has 0 fully saturated rings. The van der Waals surface area contributed by atoms with E-state index in [4.69, 9.17) is 9.15 Å². The molecule has 1 aromatic carbocycles. The molecule has 0 aliphatic carbocycles. The first-order valence-electron chi connectivity index (χ1n) is 8.03. The number of aromatic nitrogens is 1. The van der Waals surface area contributed by atoms with Crippen LogP contribution in [0.25, 0.3) is 22.1 Å². The Hall–Kier alpha value is -3.22. The van der Waals surface area contributed by atoms with Crippen LogP contribution in [-0.4, -0.2) is 31.1 Å². The summed E-state index contributed by atoms with van der Waals surface area (Å²) in [5.41, 5.74) is 1.30. The normalized spacial score (nSPS) is 10.9. The second-order valence-electron chi connectivity index (χ2n) is 5.70. The molecule has 0 aliphatic rings. The molecule has 0 aliphatic heterocycles. The molecule has 3 aromatic rings. The van der Waals surface area contributed by atoms with Crippen LogP contribution in [0.1, 0.15) is 28.5 Å². The smallest absolute Gasteiger partial charge is 0.339 e. The van der Waals surface area contributed by atoms with Crippen LogP contribution >= 0.6 is 0 Å². The lowest BCUT2D eigenvalue weighted by molar-refractivity contribution is -0.139. The van der Waals surface area contributed by atoms with Crippen LogP contribution in [0, 0.1) is 0 Å². The summed E-state index contributed by atoms with van der Waals surface area (Å²) in [5, 5.41) is 0.565. The third-order valence-corrected chi connectivity index (χ3v) is 4.16. The minimum Gasteiger partial charge on any atom is -0.469 e. The average Bonchev–Trinajstić information content (AvgIpc) is 2.66. The summed E-state index contributed by atoms with van der Waals surface area (Å²) in [6.45, 7) is 1.99. The van der Waals surface area contributed by atoms with Crippen molar-refractivity contribution in [3.8, 4) is 0 Å². The highest BCUT2D eigenvalue weighted by Gasteiger charge is 2.20. The van der Waals surface area contributed by atoms with Crippen LogP contribution in [0.2, 0.25) is 0 Å². The van der Waals surface area contributed by atoms with Crippen LogP contribution in [0.5, 0.6) is 0 Å². The summed E-state index contributed by atoms with van der Waals surface area (Å²) < 4.78 is 15.1. The molecule has 0 radical (unpaired) electrons. The molecule has 2 aromatic heterocycles. The van der Waals surface area contributed by atoms with Crippen LogP contribution in [0.15, 0.2) is 33.5 Å². The summed E-state index contributed by atoms with van der Waals surface area (Å²) in [6.07, 6.45) is 0.532. The van der Waals surface area contributed by atoms with Crippen LogP contribution in [0.3, 0.4) is 0 Å². The van der Waals surface area contributed by atoms with Crippen molar-refractivity contribution in [2.75, 3.05) is 14.2 Å². The van der Waals surface area contributed by atoms with Gasteiger partial charge >= 0.3 is 11.9 Å². The number of esters is 2. The number of fused-ring (bicyclic) bond motifs is 2. The van der Waals surface area contributed by atoms with Crippen molar-refractivity contribution in [2.24, 2.45) is 0 Å². The van der Waals surface area contributed by atoms with Gasteiger partial charge in [0.15, 0.2) is 0 Å². The van der Waals surface area contributed by atoms with Crippen molar-refractivity contribution in [3.63, 3.8) is 0 Å².